The van der Waals surface area contributed by atoms with E-state index in [0.717, 1.165) is 15.6 Å². The molecule has 0 saturated heterocycles. The van der Waals surface area contributed by atoms with Gasteiger partial charge in [0.1, 0.15) is 5.75 Å². The molecular weight excluding hydrogens is 316 g/mol. The number of carbonyl (C=O) groups is 1. The van der Waals surface area contributed by atoms with Crippen molar-refractivity contribution in [1.29, 1.82) is 0 Å². The van der Waals surface area contributed by atoms with Crippen molar-refractivity contribution < 1.29 is 9.53 Å². The third kappa shape index (κ3) is 3.28. The number of esters is 1. The van der Waals surface area contributed by atoms with Crippen molar-refractivity contribution in [3.8, 4) is 5.75 Å². The van der Waals surface area contributed by atoms with Gasteiger partial charge in [-0.25, -0.2) is 4.79 Å². The zero-order chi connectivity index (χ0) is 14.7. The van der Waals surface area contributed by atoms with Gasteiger partial charge in [-0.05, 0) is 48.2 Å². The SMILES string of the molecule is Cc1ccccc1C(=O)Oc1ccc(Br)cc1C(C)C. The van der Waals surface area contributed by atoms with Gasteiger partial charge in [-0.1, -0.05) is 48.0 Å². The maximum atomic E-state index is 12.3. The minimum absolute atomic E-state index is 0.284. The average Bonchev–Trinajstić information content (AvgIpc) is 2.41. The van der Waals surface area contributed by atoms with E-state index < -0.39 is 0 Å². The molecule has 104 valence electrons. The molecule has 0 spiro atoms. The number of aryl methyl sites for hydroxylation is 1. The zero-order valence-electron chi connectivity index (χ0n) is 11.8. The van der Waals surface area contributed by atoms with E-state index in [1.165, 1.54) is 0 Å². The van der Waals surface area contributed by atoms with E-state index in [-0.39, 0.29) is 11.9 Å². The van der Waals surface area contributed by atoms with Crippen LogP contribution in [0.5, 0.6) is 5.75 Å². The number of hydrogen-bond donors (Lipinski definition) is 0. The molecule has 0 radical (unpaired) electrons. The van der Waals surface area contributed by atoms with Crippen LogP contribution in [0.4, 0.5) is 0 Å². The van der Waals surface area contributed by atoms with Gasteiger partial charge >= 0.3 is 5.97 Å². The van der Waals surface area contributed by atoms with Crippen molar-refractivity contribution in [1.82, 2.24) is 0 Å². The second-order valence-corrected chi connectivity index (χ2v) is 5.96. The van der Waals surface area contributed by atoms with Crippen LogP contribution in [-0.2, 0) is 0 Å². The van der Waals surface area contributed by atoms with Crippen LogP contribution >= 0.6 is 15.9 Å². The molecule has 0 aliphatic carbocycles. The lowest BCUT2D eigenvalue weighted by Crippen LogP contribution is -2.11. The van der Waals surface area contributed by atoms with Crippen molar-refractivity contribution >= 4 is 21.9 Å². The summed E-state index contributed by atoms with van der Waals surface area (Å²) in [7, 11) is 0. The Balaban J connectivity index is 2.31. The average molecular weight is 333 g/mol. The van der Waals surface area contributed by atoms with Crippen molar-refractivity contribution in [2.75, 3.05) is 0 Å². The Morgan fingerprint density at radius 2 is 1.85 bits per heavy atom. The van der Waals surface area contributed by atoms with Crippen LogP contribution in [0.1, 0.15) is 41.3 Å². The van der Waals surface area contributed by atoms with E-state index in [0.29, 0.717) is 11.3 Å². The van der Waals surface area contributed by atoms with Gasteiger partial charge in [0.25, 0.3) is 0 Å². The summed E-state index contributed by atoms with van der Waals surface area (Å²) in [6.07, 6.45) is 0. The predicted molar refractivity (Wildman–Crippen MR) is 84.4 cm³/mol. The number of benzene rings is 2. The zero-order valence-corrected chi connectivity index (χ0v) is 13.4. The van der Waals surface area contributed by atoms with Crippen molar-refractivity contribution in [3.05, 3.63) is 63.6 Å². The van der Waals surface area contributed by atoms with Gasteiger partial charge in [-0.15, -0.1) is 0 Å². The Morgan fingerprint density at radius 3 is 2.50 bits per heavy atom. The molecule has 0 N–H and O–H groups in total. The second-order valence-electron chi connectivity index (χ2n) is 5.04. The highest BCUT2D eigenvalue weighted by molar-refractivity contribution is 9.10. The fourth-order valence-electron chi connectivity index (χ4n) is 2.02. The predicted octanol–water partition coefficient (Wildman–Crippen LogP) is 5.10. The Labute approximate surface area is 127 Å². The van der Waals surface area contributed by atoms with Crippen LogP contribution in [0, 0.1) is 6.92 Å². The first kappa shape index (κ1) is 14.8. The smallest absolute Gasteiger partial charge is 0.343 e. The van der Waals surface area contributed by atoms with E-state index in [4.69, 9.17) is 4.74 Å². The molecule has 0 unspecified atom stereocenters. The minimum Gasteiger partial charge on any atom is -0.423 e. The Morgan fingerprint density at radius 1 is 1.15 bits per heavy atom. The summed E-state index contributed by atoms with van der Waals surface area (Å²) >= 11 is 3.45. The summed E-state index contributed by atoms with van der Waals surface area (Å²) in [5.41, 5.74) is 2.53. The summed E-state index contributed by atoms with van der Waals surface area (Å²) in [6.45, 7) is 6.06. The van der Waals surface area contributed by atoms with Gasteiger partial charge < -0.3 is 4.74 Å². The number of ether oxygens (including phenoxy) is 1. The lowest BCUT2D eigenvalue weighted by Gasteiger charge is -2.14. The van der Waals surface area contributed by atoms with Gasteiger partial charge in [0.15, 0.2) is 0 Å². The van der Waals surface area contributed by atoms with Crippen LogP contribution in [0.25, 0.3) is 0 Å². The molecule has 0 bridgehead atoms. The van der Waals surface area contributed by atoms with E-state index >= 15 is 0 Å². The first-order valence-electron chi connectivity index (χ1n) is 6.56. The van der Waals surface area contributed by atoms with Crippen LogP contribution in [-0.4, -0.2) is 5.97 Å². The van der Waals surface area contributed by atoms with Crippen LogP contribution in [0.3, 0.4) is 0 Å². The summed E-state index contributed by atoms with van der Waals surface area (Å²) in [5.74, 6) is 0.593. The van der Waals surface area contributed by atoms with Gasteiger partial charge in [-0.3, -0.25) is 0 Å². The normalized spacial score (nSPS) is 10.7. The highest BCUT2D eigenvalue weighted by Gasteiger charge is 2.15. The molecule has 0 fully saturated rings. The Bertz CT molecular complexity index is 633. The van der Waals surface area contributed by atoms with E-state index in [2.05, 4.69) is 29.8 Å². The minimum atomic E-state index is -0.313. The molecule has 2 aromatic rings. The molecule has 3 heteroatoms. The topological polar surface area (TPSA) is 26.3 Å². The molecule has 2 rings (SSSR count). The largest absolute Gasteiger partial charge is 0.423 e. The number of halogens is 1. The monoisotopic (exact) mass is 332 g/mol. The lowest BCUT2D eigenvalue weighted by molar-refractivity contribution is 0.0732. The fourth-order valence-corrected chi connectivity index (χ4v) is 2.40. The van der Waals surface area contributed by atoms with Gasteiger partial charge in [0.2, 0.25) is 0 Å². The standard InChI is InChI=1S/C17H17BrO2/c1-11(2)15-10-13(18)8-9-16(15)20-17(19)14-7-5-4-6-12(14)3/h4-11H,1-3H3. The third-order valence-corrected chi connectivity index (χ3v) is 3.65. The van der Waals surface area contributed by atoms with Crippen molar-refractivity contribution in [2.24, 2.45) is 0 Å². The molecule has 0 heterocycles. The van der Waals surface area contributed by atoms with Crippen molar-refractivity contribution in [3.63, 3.8) is 0 Å². The summed E-state index contributed by atoms with van der Waals surface area (Å²) in [6, 6.07) is 13.1. The fraction of sp³-hybridized carbons (Fsp3) is 0.235. The van der Waals surface area contributed by atoms with Crippen LogP contribution in [0.2, 0.25) is 0 Å². The molecule has 0 amide bonds. The molecule has 0 aliphatic heterocycles. The van der Waals surface area contributed by atoms with Crippen molar-refractivity contribution in [2.45, 2.75) is 26.7 Å². The molecule has 0 atom stereocenters. The first-order chi connectivity index (χ1) is 9.49. The molecule has 0 saturated carbocycles. The summed E-state index contributed by atoms with van der Waals surface area (Å²) < 4.78 is 6.55. The number of rotatable bonds is 3. The maximum absolute atomic E-state index is 12.3. The van der Waals surface area contributed by atoms with E-state index in [1.54, 1.807) is 6.07 Å². The Kier molecular flexibility index (Phi) is 4.61. The number of hydrogen-bond acceptors (Lipinski definition) is 2. The lowest BCUT2D eigenvalue weighted by atomic mass is 10.0. The molecule has 0 aliphatic rings. The number of carbonyl (C=O) groups excluding carboxylic acids is 1. The quantitative estimate of drug-likeness (QED) is 0.577. The summed E-state index contributed by atoms with van der Waals surface area (Å²) in [4.78, 5) is 12.3. The molecule has 2 nitrogen and oxygen atoms in total. The van der Waals surface area contributed by atoms with Crippen LogP contribution in [0.15, 0.2) is 46.9 Å². The second kappa shape index (κ2) is 6.23. The van der Waals surface area contributed by atoms with Crippen LogP contribution < -0.4 is 4.74 Å². The highest BCUT2D eigenvalue weighted by Crippen LogP contribution is 2.30. The molecular formula is C17H17BrO2. The maximum Gasteiger partial charge on any atom is 0.343 e. The van der Waals surface area contributed by atoms with Gasteiger partial charge in [-0.2, -0.15) is 0 Å². The Hall–Kier alpha value is -1.61. The van der Waals surface area contributed by atoms with Gasteiger partial charge in [0, 0.05) is 4.47 Å². The van der Waals surface area contributed by atoms with Gasteiger partial charge in [0.05, 0.1) is 5.56 Å². The van der Waals surface area contributed by atoms with E-state index in [9.17, 15) is 4.79 Å². The molecule has 2 aromatic carbocycles. The van der Waals surface area contributed by atoms with E-state index in [1.807, 2.05) is 43.3 Å². The first-order valence-corrected chi connectivity index (χ1v) is 7.35. The summed E-state index contributed by atoms with van der Waals surface area (Å²) in [5, 5.41) is 0. The molecule has 0 aromatic heterocycles. The molecule has 20 heavy (non-hydrogen) atoms. The highest BCUT2D eigenvalue weighted by atomic mass is 79.9. The third-order valence-electron chi connectivity index (χ3n) is 3.16.